The van der Waals surface area contributed by atoms with Gasteiger partial charge in [-0.05, 0) is 24.6 Å². The van der Waals surface area contributed by atoms with E-state index in [0.29, 0.717) is 19.6 Å². The number of hydrogen-bond donors (Lipinski definition) is 0. The van der Waals surface area contributed by atoms with E-state index in [1.807, 2.05) is 6.92 Å². The summed E-state index contributed by atoms with van der Waals surface area (Å²) in [5.74, 6) is -2.85. The van der Waals surface area contributed by atoms with Gasteiger partial charge < -0.3 is 0 Å². The summed E-state index contributed by atoms with van der Waals surface area (Å²) in [6, 6.07) is 4.60. The number of aromatic nitrogens is 2. The molecule has 2 aromatic rings. The van der Waals surface area contributed by atoms with Gasteiger partial charge in [0.2, 0.25) is 0 Å². The molecule has 3 nitrogen and oxygen atoms in total. The minimum atomic E-state index is -2.57. The van der Waals surface area contributed by atoms with Gasteiger partial charge in [0.05, 0.1) is 24.3 Å². The van der Waals surface area contributed by atoms with Crippen LogP contribution in [-0.2, 0) is 13.0 Å². The number of alkyl halides is 2. The molecule has 0 spiro atoms. The standard InChI is InChI=1S/C15H18F3N3/c1-2-13-12-9-11(16)3-4-14(12)21(19-13)8-7-20-6-5-15(17,18)10-20/h3-4,9H,2,5-8,10H2,1H3. The van der Waals surface area contributed by atoms with Gasteiger partial charge in [-0.2, -0.15) is 5.10 Å². The van der Waals surface area contributed by atoms with E-state index in [1.165, 1.54) is 12.1 Å². The molecule has 2 heterocycles. The number of likely N-dealkylation sites (tertiary alicyclic amines) is 1. The summed E-state index contributed by atoms with van der Waals surface area (Å²) in [5.41, 5.74) is 1.70. The first-order chi connectivity index (χ1) is 9.98. The van der Waals surface area contributed by atoms with Crippen molar-refractivity contribution >= 4 is 10.9 Å². The molecule has 1 fully saturated rings. The highest BCUT2D eigenvalue weighted by Crippen LogP contribution is 2.27. The first kappa shape index (κ1) is 14.4. The van der Waals surface area contributed by atoms with Gasteiger partial charge in [0.15, 0.2) is 0 Å². The molecule has 0 radical (unpaired) electrons. The predicted molar refractivity (Wildman–Crippen MR) is 75.1 cm³/mol. The fourth-order valence-electron chi connectivity index (χ4n) is 2.88. The topological polar surface area (TPSA) is 21.1 Å². The molecule has 0 unspecified atom stereocenters. The second-order valence-corrected chi connectivity index (χ2v) is 5.57. The molecule has 0 amide bonds. The summed E-state index contributed by atoms with van der Waals surface area (Å²) in [5, 5.41) is 5.29. The third-order valence-electron chi connectivity index (χ3n) is 4.00. The molecule has 21 heavy (non-hydrogen) atoms. The van der Waals surface area contributed by atoms with E-state index in [2.05, 4.69) is 5.10 Å². The molecule has 1 saturated heterocycles. The second-order valence-electron chi connectivity index (χ2n) is 5.57. The van der Waals surface area contributed by atoms with Gasteiger partial charge in [-0.3, -0.25) is 9.58 Å². The molecular weight excluding hydrogens is 279 g/mol. The van der Waals surface area contributed by atoms with Gasteiger partial charge in [-0.25, -0.2) is 13.2 Å². The molecule has 0 saturated carbocycles. The van der Waals surface area contributed by atoms with E-state index in [0.717, 1.165) is 23.0 Å². The van der Waals surface area contributed by atoms with Crippen molar-refractivity contribution in [2.75, 3.05) is 19.6 Å². The van der Waals surface area contributed by atoms with E-state index >= 15 is 0 Å². The van der Waals surface area contributed by atoms with Crippen LogP contribution >= 0.6 is 0 Å². The number of benzene rings is 1. The quantitative estimate of drug-likeness (QED) is 0.865. The van der Waals surface area contributed by atoms with E-state index in [-0.39, 0.29) is 18.8 Å². The Morgan fingerprint density at radius 2 is 2.10 bits per heavy atom. The normalized spacial score (nSPS) is 18.7. The lowest BCUT2D eigenvalue weighted by Gasteiger charge is -2.15. The Kier molecular flexibility index (Phi) is 3.65. The molecule has 0 aliphatic carbocycles. The van der Waals surface area contributed by atoms with Crippen molar-refractivity contribution in [3.8, 4) is 0 Å². The monoisotopic (exact) mass is 297 g/mol. The van der Waals surface area contributed by atoms with Crippen molar-refractivity contribution in [1.29, 1.82) is 0 Å². The van der Waals surface area contributed by atoms with Crippen LogP contribution in [0.3, 0.4) is 0 Å². The van der Waals surface area contributed by atoms with Crippen LogP contribution in [0, 0.1) is 5.82 Å². The molecule has 1 aliphatic rings. The van der Waals surface area contributed by atoms with Crippen LogP contribution < -0.4 is 0 Å². The maximum atomic E-state index is 13.4. The first-order valence-electron chi connectivity index (χ1n) is 7.23. The number of rotatable bonds is 4. The van der Waals surface area contributed by atoms with Gasteiger partial charge in [0.1, 0.15) is 5.82 Å². The lowest BCUT2D eigenvalue weighted by Crippen LogP contribution is -2.28. The fraction of sp³-hybridized carbons (Fsp3) is 0.533. The summed E-state index contributed by atoms with van der Waals surface area (Å²) >= 11 is 0. The molecule has 1 aromatic carbocycles. The summed E-state index contributed by atoms with van der Waals surface area (Å²) in [7, 11) is 0. The Labute approximate surface area is 121 Å². The van der Waals surface area contributed by atoms with Crippen LogP contribution in [-0.4, -0.2) is 40.2 Å². The zero-order valence-corrected chi connectivity index (χ0v) is 12.0. The zero-order valence-electron chi connectivity index (χ0n) is 12.0. The van der Waals surface area contributed by atoms with Crippen molar-refractivity contribution in [2.45, 2.75) is 32.2 Å². The minimum Gasteiger partial charge on any atom is -0.295 e. The smallest absolute Gasteiger partial charge is 0.261 e. The molecule has 6 heteroatoms. The van der Waals surface area contributed by atoms with Gasteiger partial charge in [0, 0.05) is 24.9 Å². The highest BCUT2D eigenvalue weighted by atomic mass is 19.3. The van der Waals surface area contributed by atoms with Crippen molar-refractivity contribution in [1.82, 2.24) is 14.7 Å². The van der Waals surface area contributed by atoms with Gasteiger partial charge in [0.25, 0.3) is 5.92 Å². The predicted octanol–water partition coefficient (Wildman–Crippen LogP) is 3.08. The highest BCUT2D eigenvalue weighted by Gasteiger charge is 2.37. The Balaban J connectivity index is 1.78. The highest BCUT2D eigenvalue weighted by molar-refractivity contribution is 5.82. The van der Waals surface area contributed by atoms with Crippen LogP contribution in [0.2, 0.25) is 0 Å². The molecule has 1 aromatic heterocycles. The Hall–Kier alpha value is -1.56. The summed E-state index contributed by atoms with van der Waals surface area (Å²) in [6.07, 6.45) is 0.646. The third kappa shape index (κ3) is 2.90. The molecule has 0 atom stereocenters. The molecule has 3 rings (SSSR count). The molecular formula is C15H18F3N3. The maximum Gasteiger partial charge on any atom is 0.261 e. The number of halogens is 3. The number of aryl methyl sites for hydroxylation is 1. The molecule has 0 bridgehead atoms. The average Bonchev–Trinajstić information content (AvgIpc) is 2.96. The van der Waals surface area contributed by atoms with Crippen molar-refractivity contribution < 1.29 is 13.2 Å². The number of nitrogens with zero attached hydrogens (tertiary/aromatic N) is 3. The molecule has 114 valence electrons. The lowest BCUT2D eigenvalue weighted by atomic mass is 10.2. The largest absolute Gasteiger partial charge is 0.295 e. The van der Waals surface area contributed by atoms with E-state index in [1.54, 1.807) is 15.6 Å². The minimum absolute atomic E-state index is 0.0712. The van der Waals surface area contributed by atoms with Crippen molar-refractivity contribution in [3.63, 3.8) is 0 Å². The van der Waals surface area contributed by atoms with Crippen molar-refractivity contribution in [3.05, 3.63) is 29.7 Å². The zero-order chi connectivity index (χ0) is 15.0. The molecule has 1 aliphatic heterocycles. The summed E-state index contributed by atoms with van der Waals surface area (Å²) < 4.78 is 41.5. The first-order valence-corrected chi connectivity index (χ1v) is 7.23. The Bertz CT molecular complexity index is 651. The van der Waals surface area contributed by atoms with E-state index in [9.17, 15) is 13.2 Å². The number of fused-ring (bicyclic) bond motifs is 1. The van der Waals surface area contributed by atoms with E-state index in [4.69, 9.17) is 0 Å². The van der Waals surface area contributed by atoms with Crippen LogP contribution in [0.5, 0.6) is 0 Å². The molecule has 0 N–H and O–H groups in total. The third-order valence-corrected chi connectivity index (χ3v) is 4.00. The Morgan fingerprint density at radius 3 is 2.76 bits per heavy atom. The SMILES string of the molecule is CCc1nn(CCN2CCC(F)(F)C2)c2ccc(F)cc12. The second kappa shape index (κ2) is 5.33. The lowest BCUT2D eigenvalue weighted by molar-refractivity contribution is 0.0119. The van der Waals surface area contributed by atoms with Gasteiger partial charge in [-0.1, -0.05) is 6.92 Å². The average molecular weight is 297 g/mol. The Morgan fingerprint density at radius 1 is 1.29 bits per heavy atom. The summed E-state index contributed by atoms with van der Waals surface area (Å²) in [6.45, 7) is 3.28. The number of hydrogen-bond acceptors (Lipinski definition) is 2. The van der Waals surface area contributed by atoms with Gasteiger partial charge in [-0.15, -0.1) is 0 Å². The van der Waals surface area contributed by atoms with Crippen LogP contribution in [0.1, 0.15) is 19.0 Å². The van der Waals surface area contributed by atoms with Crippen molar-refractivity contribution in [2.24, 2.45) is 0 Å². The van der Waals surface area contributed by atoms with Gasteiger partial charge >= 0.3 is 0 Å². The van der Waals surface area contributed by atoms with Crippen LogP contribution in [0.25, 0.3) is 10.9 Å². The van der Waals surface area contributed by atoms with Crippen LogP contribution in [0.4, 0.5) is 13.2 Å². The van der Waals surface area contributed by atoms with Crippen LogP contribution in [0.15, 0.2) is 18.2 Å². The maximum absolute atomic E-state index is 13.4. The van der Waals surface area contributed by atoms with E-state index < -0.39 is 5.92 Å². The fourth-order valence-corrected chi connectivity index (χ4v) is 2.88. The summed E-state index contributed by atoms with van der Waals surface area (Å²) in [4.78, 5) is 1.75.